The summed E-state index contributed by atoms with van der Waals surface area (Å²) in [6, 6.07) is 7.60. The van der Waals surface area contributed by atoms with Crippen LogP contribution in [0.3, 0.4) is 0 Å². The van der Waals surface area contributed by atoms with E-state index in [1.807, 2.05) is 19.1 Å². The number of halogens is 1. The van der Waals surface area contributed by atoms with Gasteiger partial charge in [-0.3, -0.25) is 4.79 Å². The molecule has 4 nitrogen and oxygen atoms in total. The van der Waals surface area contributed by atoms with Crippen LogP contribution in [-0.4, -0.2) is 31.1 Å². The van der Waals surface area contributed by atoms with Crippen LogP contribution in [0, 0.1) is 0 Å². The molecule has 0 aliphatic carbocycles. The Morgan fingerprint density at radius 1 is 1.60 bits per heavy atom. The molecular weight excluding hydrogens is 276 g/mol. The maximum atomic E-state index is 11.8. The molecular formula is C15H21ClN2O2. The third-order valence-corrected chi connectivity index (χ3v) is 3.55. The van der Waals surface area contributed by atoms with Gasteiger partial charge in [0.15, 0.2) is 0 Å². The third-order valence-electron chi connectivity index (χ3n) is 3.31. The van der Waals surface area contributed by atoms with E-state index in [0.29, 0.717) is 24.0 Å². The molecule has 5 heteroatoms. The number of rotatable bonds is 6. The Balaban J connectivity index is 1.69. The number of benzene rings is 1. The Kier molecular flexibility index (Phi) is 5.68. The van der Waals surface area contributed by atoms with E-state index in [1.54, 1.807) is 12.1 Å². The predicted molar refractivity (Wildman–Crippen MR) is 80.2 cm³/mol. The Hall–Kier alpha value is -1.26. The molecule has 1 aliphatic heterocycles. The van der Waals surface area contributed by atoms with Gasteiger partial charge in [0.2, 0.25) is 5.91 Å². The fourth-order valence-electron chi connectivity index (χ4n) is 2.30. The first-order chi connectivity index (χ1) is 9.63. The van der Waals surface area contributed by atoms with Gasteiger partial charge in [-0.15, -0.1) is 0 Å². The molecule has 1 fully saturated rings. The minimum atomic E-state index is -0.0889. The van der Waals surface area contributed by atoms with Gasteiger partial charge in [0.05, 0.1) is 6.54 Å². The highest BCUT2D eigenvalue weighted by Gasteiger charge is 2.17. The number of carbonyl (C=O) groups is 1. The lowest BCUT2D eigenvalue weighted by Crippen LogP contribution is -2.37. The highest BCUT2D eigenvalue weighted by Crippen LogP contribution is 2.18. The molecule has 0 bridgehead atoms. The van der Waals surface area contributed by atoms with Gasteiger partial charge in [0, 0.05) is 17.5 Å². The number of nitrogens with one attached hydrogen (secondary N) is 2. The van der Waals surface area contributed by atoms with Gasteiger partial charge in [0.1, 0.15) is 11.9 Å². The monoisotopic (exact) mass is 296 g/mol. The Morgan fingerprint density at radius 3 is 3.15 bits per heavy atom. The maximum absolute atomic E-state index is 11.8. The molecule has 1 heterocycles. The van der Waals surface area contributed by atoms with Crippen molar-refractivity contribution in [1.29, 1.82) is 0 Å². The molecule has 2 unspecified atom stereocenters. The van der Waals surface area contributed by atoms with Crippen LogP contribution in [0.4, 0.5) is 0 Å². The van der Waals surface area contributed by atoms with Gasteiger partial charge in [-0.05, 0) is 44.5 Å². The lowest BCUT2D eigenvalue weighted by Gasteiger charge is -2.16. The second-order valence-corrected chi connectivity index (χ2v) is 5.62. The van der Waals surface area contributed by atoms with Gasteiger partial charge >= 0.3 is 0 Å². The first-order valence-corrected chi connectivity index (χ1v) is 7.43. The average Bonchev–Trinajstić information content (AvgIpc) is 2.89. The Bertz CT molecular complexity index is 447. The topological polar surface area (TPSA) is 50.4 Å². The molecule has 1 aromatic rings. The van der Waals surface area contributed by atoms with Crippen molar-refractivity contribution >= 4 is 17.5 Å². The summed E-state index contributed by atoms with van der Waals surface area (Å²) in [5, 5.41) is 6.87. The van der Waals surface area contributed by atoms with Crippen molar-refractivity contribution in [3.63, 3.8) is 0 Å². The van der Waals surface area contributed by atoms with E-state index in [2.05, 4.69) is 10.6 Å². The van der Waals surface area contributed by atoms with Crippen LogP contribution in [0.25, 0.3) is 0 Å². The Labute approximate surface area is 124 Å². The minimum absolute atomic E-state index is 0.0749. The molecule has 1 aliphatic rings. The van der Waals surface area contributed by atoms with E-state index >= 15 is 0 Å². The second-order valence-electron chi connectivity index (χ2n) is 5.19. The van der Waals surface area contributed by atoms with E-state index in [0.717, 1.165) is 25.1 Å². The summed E-state index contributed by atoms with van der Waals surface area (Å²) in [5.41, 5.74) is 0. The fraction of sp³-hybridized carbons (Fsp3) is 0.533. The van der Waals surface area contributed by atoms with Crippen LogP contribution in [0.5, 0.6) is 5.75 Å². The zero-order chi connectivity index (χ0) is 14.4. The number of hydrogen-bond acceptors (Lipinski definition) is 3. The lowest BCUT2D eigenvalue weighted by atomic mass is 10.1. The van der Waals surface area contributed by atoms with Crippen LogP contribution >= 0.6 is 11.6 Å². The van der Waals surface area contributed by atoms with Crippen molar-refractivity contribution in [3.05, 3.63) is 29.3 Å². The molecule has 1 saturated heterocycles. The first kappa shape index (κ1) is 15.1. The number of carbonyl (C=O) groups excluding carboxylic acids is 1. The lowest BCUT2D eigenvalue weighted by molar-refractivity contribution is -0.121. The maximum Gasteiger partial charge on any atom is 0.221 e. The van der Waals surface area contributed by atoms with E-state index in [4.69, 9.17) is 16.3 Å². The average molecular weight is 297 g/mol. The first-order valence-electron chi connectivity index (χ1n) is 7.06. The molecule has 20 heavy (non-hydrogen) atoms. The summed E-state index contributed by atoms with van der Waals surface area (Å²) < 4.78 is 5.70. The largest absolute Gasteiger partial charge is 0.489 e. The fourth-order valence-corrected chi connectivity index (χ4v) is 2.48. The van der Waals surface area contributed by atoms with E-state index in [-0.39, 0.29) is 12.0 Å². The van der Waals surface area contributed by atoms with Crippen LogP contribution in [0.1, 0.15) is 26.2 Å². The molecule has 1 amide bonds. The molecule has 0 saturated carbocycles. The van der Waals surface area contributed by atoms with Crippen molar-refractivity contribution < 1.29 is 9.53 Å². The van der Waals surface area contributed by atoms with Crippen LogP contribution in [-0.2, 0) is 4.79 Å². The summed E-state index contributed by atoms with van der Waals surface area (Å²) in [5.74, 6) is 0.794. The van der Waals surface area contributed by atoms with E-state index in [1.165, 1.54) is 0 Å². The van der Waals surface area contributed by atoms with Crippen molar-refractivity contribution in [2.24, 2.45) is 0 Å². The predicted octanol–water partition coefficient (Wildman–Crippen LogP) is 2.37. The Morgan fingerprint density at radius 2 is 2.45 bits per heavy atom. The van der Waals surface area contributed by atoms with Gasteiger partial charge in [-0.25, -0.2) is 0 Å². The summed E-state index contributed by atoms with van der Waals surface area (Å²) in [6.45, 7) is 3.44. The molecule has 2 atom stereocenters. The number of hydrogen-bond donors (Lipinski definition) is 2. The van der Waals surface area contributed by atoms with Crippen LogP contribution in [0.15, 0.2) is 24.3 Å². The van der Waals surface area contributed by atoms with Gasteiger partial charge in [-0.2, -0.15) is 0 Å². The summed E-state index contributed by atoms with van der Waals surface area (Å²) in [4.78, 5) is 11.8. The van der Waals surface area contributed by atoms with Crippen molar-refractivity contribution in [1.82, 2.24) is 10.6 Å². The van der Waals surface area contributed by atoms with E-state index in [9.17, 15) is 4.79 Å². The van der Waals surface area contributed by atoms with E-state index < -0.39 is 0 Å². The van der Waals surface area contributed by atoms with Crippen molar-refractivity contribution in [2.45, 2.75) is 38.3 Å². The smallest absolute Gasteiger partial charge is 0.221 e. The van der Waals surface area contributed by atoms with Gasteiger partial charge < -0.3 is 15.4 Å². The third kappa shape index (κ3) is 5.02. The molecule has 0 spiro atoms. The molecule has 2 rings (SSSR count). The van der Waals surface area contributed by atoms with Crippen molar-refractivity contribution in [3.8, 4) is 5.75 Å². The van der Waals surface area contributed by atoms with Gasteiger partial charge in [0.25, 0.3) is 0 Å². The summed E-state index contributed by atoms with van der Waals surface area (Å²) >= 11 is 5.89. The summed E-state index contributed by atoms with van der Waals surface area (Å²) in [6.07, 6.45) is 2.70. The van der Waals surface area contributed by atoms with Crippen LogP contribution < -0.4 is 15.4 Å². The normalized spacial score (nSPS) is 19.6. The number of ether oxygens (including phenoxy) is 1. The highest BCUT2D eigenvalue weighted by molar-refractivity contribution is 6.30. The SMILES string of the molecule is CC(CNC(=O)CC1CCCN1)Oc1cccc(Cl)c1. The standard InChI is InChI=1S/C15H21ClN2O2/c1-11(20-14-6-2-4-12(16)8-14)10-18-15(19)9-13-5-3-7-17-13/h2,4,6,8,11,13,17H,3,5,7,9-10H2,1H3,(H,18,19). The molecule has 0 aromatic heterocycles. The molecule has 110 valence electrons. The minimum Gasteiger partial charge on any atom is -0.489 e. The zero-order valence-electron chi connectivity index (χ0n) is 11.7. The van der Waals surface area contributed by atoms with Crippen molar-refractivity contribution in [2.75, 3.05) is 13.1 Å². The molecule has 1 aromatic carbocycles. The van der Waals surface area contributed by atoms with Gasteiger partial charge in [-0.1, -0.05) is 17.7 Å². The quantitative estimate of drug-likeness (QED) is 0.847. The van der Waals surface area contributed by atoms with Crippen LogP contribution in [0.2, 0.25) is 5.02 Å². The summed E-state index contributed by atoms with van der Waals surface area (Å²) in [7, 11) is 0. The highest BCUT2D eigenvalue weighted by atomic mass is 35.5. The number of amides is 1. The second kappa shape index (κ2) is 7.50. The molecule has 2 N–H and O–H groups in total. The molecule has 0 radical (unpaired) electrons. The zero-order valence-corrected chi connectivity index (χ0v) is 12.5.